The number of ether oxygens (including phenoxy) is 1. The Hall–Kier alpha value is -0.710. The molecule has 19 heavy (non-hydrogen) atoms. The van der Waals surface area contributed by atoms with Crippen LogP contribution in [0.2, 0.25) is 5.02 Å². The van der Waals surface area contributed by atoms with Crippen molar-refractivity contribution in [1.82, 2.24) is 5.32 Å². The van der Waals surface area contributed by atoms with Gasteiger partial charge in [0.2, 0.25) is 0 Å². The zero-order valence-corrected chi connectivity index (χ0v) is 11.5. The topological polar surface area (TPSA) is 21.3 Å². The first-order valence-electron chi connectivity index (χ1n) is 6.47. The van der Waals surface area contributed by atoms with Gasteiger partial charge in [0.15, 0.2) is 0 Å². The molecule has 0 aromatic heterocycles. The summed E-state index contributed by atoms with van der Waals surface area (Å²) >= 11 is 5.87. The van der Waals surface area contributed by atoms with Crippen molar-refractivity contribution in [2.45, 2.75) is 44.4 Å². The average molecular weight is 290 g/mol. The summed E-state index contributed by atoms with van der Waals surface area (Å²) in [4.78, 5) is 0. The van der Waals surface area contributed by atoms with Crippen LogP contribution in [-0.2, 0) is 4.74 Å². The van der Waals surface area contributed by atoms with E-state index in [0.29, 0.717) is 17.2 Å². The lowest BCUT2D eigenvalue weighted by Gasteiger charge is -2.31. The van der Waals surface area contributed by atoms with Crippen LogP contribution in [0.3, 0.4) is 0 Å². The summed E-state index contributed by atoms with van der Waals surface area (Å²) in [7, 11) is 0. The third-order valence-corrected chi connectivity index (χ3v) is 3.60. The summed E-state index contributed by atoms with van der Waals surface area (Å²) in [6.45, 7) is 2.58. The van der Waals surface area contributed by atoms with Crippen molar-refractivity contribution in [1.29, 1.82) is 0 Å². The molecule has 1 saturated heterocycles. The predicted molar refractivity (Wildman–Crippen MR) is 71.8 cm³/mol. The van der Waals surface area contributed by atoms with Gasteiger partial charge in [-0.15, -0.1) is 0 Å². The third kappa shape index (κ3) is 4.13. The highest BCUT2D eigenvalue weighted by molar-refractivity contribution is 6.30. The summed E-state index contributed by atoms with van der Waals surface area (Å²) in [6.07, 6.45) is -0.835. The van der Waals surface area contributed by atoms with Gasteiger partial charge in [0.25, 0.3) is 6.43 Å². The maximum absolute atomic E-state index is 13.2. The number of hydrogen-bond donors (Lipinski definition) is 1. The first-order valence-corrected chi connectivity index (χ1v) is 6.85. The van der Waals surface area contributed by atoms with Gasteiger partial charge in [-0.2, -0.15) is 0 Å². The SMILES string of the molecule is CC1CC(NC(c2cccc(Cl)c2)C(F)F)CCO1. The zero-order valence-electron chi connectivity index (χ0n) is 10.8. The zero-order chi connectivity index (χ0) is 13.8. The highest BCUT2D eigenvalue weighted by Crippen LogP contribution is 2.26. The molecule has 1 N–H and O–H groups in total. The van der Waals surface area contributed by atoms with Crippen LogP contribution in [0.5, 0.6) is 0 Å². The first kappa shape index (κ1) is 14.7. The van der Waals surface area contributed by atoms with E-state index in [1.807, 2.05) is 6.92 Å². The monoisotopic (exact) mass is 289 g/mol. The van der Waals surface area contributed by atoms with E-state index in [1.54, 1.807) is 24.3 Å². The molecule has 0 saturated carbocycles. The molecule has 1 aliphatic heterocycles. The number of halogens is 3. The van der Waals surface area contributed by atoms with Crippen molar-refractivity contribution < 1.29 is 13.5 Å². The fourth-order valence-corrected chi connectivity index (χ4v) is 2.62. The Kier molecular flexibility index (Phi) is 5.13. The van der Waals surface area contributed by atoms with Crippen molar-refractivity contribution in [3.63, 3.8) is 0 Å². The van der Waals surface area contributed by atoms with Gasteiger partial charge in [0.1, 0.15) is 0 Å². The van der Waals surface area contributed by atoms with E-state index < -0.39 is 12.5 Å². The molecule has 5 heteroatoms. The molecule has 1 aromatic rings. The Morgan fingerprint density at radius 2 is 2.21 bits per heavy atom. The maximum Gasteiger partial charge on any atom is 0.257 e. The maximum atomic E-state index is 13.2. The number of nitrogens with one attached hydrogen (secondary N) is 1. The minimum Gasteiger partial charge on any atom is -0.378 e. The normalized spacial score (nSPS) is 25.5. The number of hydrogen-bond acceptors (Lipinski definition) is 2. The molecule has 1 aliphatic rings. The van der Waals surface area contributed by atoms with Gasteiger partial charge in [-0.05, 0) is 37.5 Å². The Balaban J connectivity index is 2.08. The molecule has 1 fully saturated rings. The highest BCUT2D eigenvalue weighted by Gasteiger charge is 2.28. The Morgan fingerprint density at radius 1 is 1.42 bits per heavy atom. The quantitative estimate of drug-likeness (QED) is 0.910. The Bertz CT molecular complexity index is 416. The second kappa shape index (κ2) is 6.64. The van der Waals surface area contributed by atoms with Crippen LogP contribution in [-0.4, -0.2) is 25.2 Å². The smallest absolute Gasteiger partial charge is 0.257 e. The van der Waals surface area contributed by atoms with Gasteiger partial charge in [-0.25, -0.2) is 8.78 Å². The number of benzene rings is 1. The van der Waals surface area contributed by atoms with Gasteiger partial charge in [-0.1, -0.05) is 23.7 Å². The van der Waals surface area contributed by atoms with E-state index in [0.717, 1.165) is 12.8 Å². The van der Waals surface area contributed by atoms with Crippen LogP contribution in [0.4, 0.5) is 8.78 Å². The summed E-state index contributed by atoms with van der Waals surface area (Å²) in [5.74, 6) is 0. The lowest BCUT2D eigenvalue weighted by atomic mass is 10.0. The van der Waals surface area contributed by atoms with Crippen molar-refractivity contribution in [3.05, 3.63) is 34.9 Å². The van der Waals surface area contributed by atoms with Crippen molar-refractivity contribution in [2.24, 2.45) is 0 Å². The minimum absolute atomic E-state index is 0.0572. The van der Waals surface area contributed by atoms with E-state index in [4.69, 9.17) is 16.3 Å². The largest absolute Gasteiger partial charge is 0.378 e. The third-order valence-electron chi connectivity index (χ3n) is 3.36. The van der Waals surface area contributed by atoms with Crippen LogP contribution < -0.4 is 5.32 Å². The molecule has 0 spiro atoms. The predicted octanol–water partition coefficient (Wildman–Crippen LogP) is 3.80. The van der Waals surface area contributed by atoms with E-state index in [2.05, 4.69) is 5.32 Å². The minimum atomic E-state index is -2.46. The fourth-order valence-electron chi connectivity index (χ4n) is 2.42. The van der Waals surface area contributed by atoms with E-state index >= 15 is 0 Å². The van der Waals surface area contributed by atoms with Gasteiger partial charge in [0, 0.05) is 17.7 Å². The second-order valence-electron chi connectivity index (χ2n) is 4.94. The molecule has 2 nitrogen and oxygen atoms in total. The molecule has 106 valence electrons. The fraction of sp³-hybridized carbons (Fsp3) is 0.571. The molecule has 0 aliphatic carbocycles. The number of rotatable bonds is 4. The average Bonchev–Trinajstić information content (AvgIpc) is 2.35. The van der Waals surface area contributed by atoms with Crippen LogP contribution >= 0.6 is 11.6 Å². The molecule has 1 heterocycles. The lowest BCUT2D eigenvalue weighted by molar-refractivity contribution is 0.00280. The van der Waals surface area contributed by atoms with E-state index in [9.17, 15) is 8.78 Å². The Labute approximate surface area is 117 Å². The van der Waals surface area contributed by atoms with Crippen molar-refractivity contribution in [3.8, 4) is 0 Å². The van der Waals surface area contributed by atoms with E-state index in [-0.39, 0.29) is 12.1 Å². The molecular formula is C14H18ClF2NO. The summed E-state index contributed by atoms with van der Waals surface area (Å²) in [5, 5.41) is 3.52. The molecule has 0 amide bonds. The standard InChI is InChI=1S/C14H18ClF2NO/c1-9-7-12(5-6-19-9)18-13(14(16)17)10-3-2-4-11(15)8-10/h2-4,8-9,12-14,18H,5-7H2,1H3. The lowest BCUT2D eigenvalue weighted by Crippen LogP contribution is -2.42. The first-order chi connectivity index (χ1) is 9.06. The summed E-state index contributed by atoms with van der Waals surface area (Å²) in [6, 6.07) is 5.73. The van der Waals surface area contributed by atoms with Gasteiger partial charge >= 0.3 is 0 Å². The van der Waals surface area contributed by atoms with Gasteiger partial charge < -0.3 is 10.1 Å². The second-order valence-corrected chi connectivity index (χ2v) is 5.37. The Morgan fingerprint density at radius 3 is 2.84 bits per heavy atom. The molecule has 0 radical (unpaired) electrons. The number of alkyl halides is 2. The van der Waals surface area contributed by atoms with Gasteiger partial charge in [0.05, 0.1) is 12.1 Å². The van der Waals surface area contributed by atoms with Crippen LogP contribution in [0.1, 0.15) is 31.4 Å². The van der Waals surface area contributed by atoms with Gasteiger partial charge in [-0.3, -0.25) is 0 Å². The molecular weight excluding hydrogens is 272 g/mol. The highest BCUT2D eigenvalue weighted by atomic mass is 35.5. The van der Waals surface area contributed by atoms with Crippen molar-refractivity contribution in [2.75, 3.05) is 6.61 Å². The molecule has 2 rings (SSSR count). The summed E-state index contributed by atoms with van der Waals surface area (Å²) in [5.41, 5.74) is 0.529. The van der Waals surface area contributed by atoms with Crippen LogP contribution in [0.25, 0.3) is 0 Å². The van der Waals surface area contributed by atoms with Crippen LogP contribution in [0.15, 0.2) is 24.3 Å². The molecule has 3 unspecified atom stereocenters. The molecule has 0 bridgehead atoms. The molecule has 1 aromatic carbocycles. The van der Waals surface area contributed by atoms with E-state index in [1.165, 1.54) is 0 Å². The molecule has 3 atom stereocenters. The summed E-state index contributed by atoms with van der Waals surface area (Å²) < 4.78 is 31.9. The van der Waals surface area contributed by atoms with Crippen molar-refractivity contribution >= 4 is 11.6 Å². The van der Waals surface area contributed by atoms with Crippen LogP contribution in [0, 0.1) is 0 Å².